The van der Waals surface area contributed by atoms with Gasteiger partial charge in [0.1, 0.15) is 0 Å². The fraction of sp³-hybridized carbons (Fsp3) is 0.0476. The summed E-state index contributed by atoms with van der Waals surface area (Å²) in [6.07, 6.45) is 1.14. The van der Waals surface area contributed by atoms with Gasteiger partial charge in [-0.3, -0.25) is 0 Å². The molecule has 0 radical (unpaired) electrons. The van der Waals surface area contributed by atoms with Crippen LogP contribution < -0.4 is 0 Å². The minimum Gasteiger partial charge on any atom is -0.478 e. The lowest BCUT2D eigenvalue weighted by Gasteiger charge is -2.25. The number of para-hydroxylation sites is 1. The predicted octanol–water partition coefficient (Wildman–Crippen LogP) is 4.28. The highest BCUT2D eigenvalue weighted by atomic mass is 16.5. The number of rotatable bonds is 2. The second-order valence-corrected chi connectivity index (χ2v) is 6.31. The van der Waals surface area contributed by atoms with Gasteiger partial charge in [-0.1, -0.05) is 42.5 Å². The molecule has 26 heavy (non-hydrogen) atoms. The van der Waals surface area contributed by atoms with Crippen molar-refractivity contribution in [1.82, 2.24) is 4.98 Å². The minimum atomic E-state index is -1.00. The van der Waals surface area contributed by atoms with Gasteiger partial charge in [0.25, 0.3) is 0 Å². The summed E-state index contributed by atoms with van der Waals surface area (Å²) in [5, 5.41) is 12.0. The number of ether oxygens (including phenoxy) is 1. The molecule has 1 aliphatic heterocycles. The van der Waals surface area contributed by atoms with Gasteiger partial charge in [-0.2, -0.15) is 0 Å². The number of hydrogen-bond donors (Lipinski definition) is 2. The first-order valence-electron chi connectivity index (χ1n) is 8.21. The molecule has 0 saturated carbocycles. The quantitative estimate of drug-likeness (QED) is 0.533. The van der Waals surface area contributed by atoms with Crippen molar-refractivity contribution in [3.8, 4) is 0 Å². The van der Waals surface area contributed by atoms with Crippen LogP contribution in [0.2, 0.25) is 0 Å². The van der Waals surface area contributed by atoms with Gasteiger partial charge in [0.2, 0.25) is 0 Å². The van der Waals surface area contributed by atoms with Crippen LogP contribution in [-0.2, 0) is 4.74 Å². The number of esters is 1. The van der Waals surface area contributed by atoms with Crippen molar-refractivity contribution >= 4 is 33.6 Å². The van der Waals surface area contributed by atoms with E-state index < -0.39 is 12.1 Å². The molecule has 0 amide bonds. The number of carbonyl (C=O) groups excluding carboxylic acids is 1. The average molecular weight is 343 g/mol. The van der Waals surface area contributed by atoms with Crippen LogP contribution in [0, 0.1) is 0 Å². The molecule has 4 aromatic rings. The molecule has 0 unspecified atom stereocenters. The summed E-state index contributed by atoms with van der Waals surface area (Å²) in [6, 6.07) is 16.5. The number of aromatic amines is 1. The van der Waals surface area contributed by atoms with Crippen molar-refractivity contribution in [1.29, 1.82) is 0 Å². The fourth-order valence-electron chi connectivity index (χ4n) is 3.79. The summed E-state index contributed by atoms with van der Waals surface area (Å²) < 4.78 is 5.75. The Morgan fingerprint density at radius 3 is 2.58 bits per heavy atom. The molecule has 0 fully saturated rings. The highest BCUT2D eigenvalue weighted by molar-refractivity contribution is 6.09. The number of cyclic esters (lactones) is 1. The van der Waals surface area contributed by atoms with Gasteiger partial charge in [0, 0.05) is 28.1 Å². The third-order valence-electron chi connectivity index (χ3n) is 4.92. The molecule has 0 saturated heterocycles. The van der Waals surface area contributed by atoms with Gasteiger partial charge in [0.15, 0.2) is 6.10 Å². The van der Waals surface area contributed by atoms with E-state index >= 15 is 0 Å². The number of carboxylic acids is 1. The molecule has 5 heteroatoms. The first-order chi connectivity index (χ1) is 12.6. The maximum absolute atomic E-state index is 12.6. The summed E-state index contributed by atoms with van der Waals surface area (Å²) >= 11 is 0. The van der Waals surface area contributed by atoms with Crippen LogP contribution in [0.25, 0.3) is 21.7 Å². The summed E-state index contributed by atoms with van der Waals surface area (Å²) in [6.45, 7) is 0. The van der Waals surface area contributed by atoms with E-state index in [9.17, 15) is 14.7 Å². The van der Waals surface area contributed by atoms with Crippen molar-refractivity contribution in [2.75, 3.05) is 0 Å². The van der Waals surface area contributed by atoms with Gasteiger partial charge < -0.3 is 14.8 Å². The van der Waals surface area contributed by atoms with E-state index in [-0.39, 0.29) is 11.5 Å². The second kappa shape index (κ2) is 5.20. The van der Waals surface area contributed by atoms with E-state index in [0.717, 1.165) is 27.3 Å². The zero-order valence-corrected chi connectivity index (χ0v) is 13.5. The Hall–Kier alpha value is -3.60. The van der Waals surface area contributed by atoms with E-state index in [1.165, 1.54) is 0 Å². The largest absolute Gasteiger partial charge is 0.478 e. The second-order valence-electron chi connectivity index (χ2n) is 6.31. The van der Waals surface area contributed by atoms with Gasteiger partial charge in [-0.25, -0.2) is 9.59 Å². The lowest BCUT2D eigenvalue weighted by atomic mass is 9.90. The first-order valence-corrected chi connectivity index (χ1v) is 8.21. The summed E-state index contributed by atoms with van der Waals surface area (Å²) in [4.78, 5) is 27.1. The van der Waals surface area contributed by atoms with Gasteiger partial charge in [-0.05, 0) is 17.5 Å². The maximum atomic E-state index is 12.6. The summed E-state index contributed by atoms with van der Waals surface area (Å²) in [5.41, 5.74) is 2.92. The van der Waals surface area contributed by atoms with Crippen molar-refractivity contribution in [3.05, 3.63) is 83.0 Å². The third-order valence-corrected chi connectivity index (χ3v) is 4.92. The van der Waals surface area contributed by atoms with Crippen LogP contribution in [0.3, 0.4) is 0 Å². The Morgan fingerprint density at radius 1 is 1.00 bits per heavy atom. The lowest BCUT2D eigenvalue weighted by molar-refractivity contribution is 0.0368. The topological polar surface area (TPSA) is 79.4 Å². The number of H-pyrrole nitrogens is 1. The molecule has 1 atom stereocenters. The average Bonchev–Trinajstić information content (AvgIpc) is 3.08. The number of carbonyl (C=O) groups is 2. The molecule has 5 rings (SSSR count). The molecule has 5 nitrogen and oxygen atoms in total. The molecule has 126 valence electrons. The Labute approximate surface area is 147 Å². The van der Waals surface area contributed by atoms with Gasteiger partial charge in [-0.15, -0.1) is 0 Å². The Bertz CT molecular complexity index is 1220. The zero-order valence-electron chi connectivity index (χ0n) is 13.5. The van der Waals surface area contributed by atoms with Gasteiger partial charge >= 0.3 is 11.9 Å². The lowest BCUT2D eigenvalue weighted by Crippen LogP contribution is -2.19. The summed E-state index contributed by atoms with van der Waals surface area (Å²) in [7, 11) is 0. The standard InChI is InChI=1S/C21H13NO4/c23-20(24)15-9-3-6-12-16(10-22-18(12)15)19-13-7-1-4-11-5-2-8-14(17(11)13)21(25)26-19/h1-10,19,22H,(H,23,24)/t19-/m0/s1. The van der Waals surface area contributed by atoms with Crippen LogP contribution in [0.15, 0.2) is 60.8 Å². The zero-order chi connectivity index (χ0) is 17.8. The Kier molecular flexibility index (Phi) is 2.94. The highest BCUT2D eigenvalue weighted by Crippen LogP contribution is 2.41. The number of aromatic carboxylic acids is 1. The maximum Gasteiger partial charge on any atom is 0.339 e. The van der Waals surface area contributed by atoms with Crippen LogP contribution in [-0.4, -0.2) is 22.0 Å². The van der Waals surface area contributed by atoms with Crippen molar-refractivity contribution in [3.63, 3.8) is 0 Å². The predicted molar refractivity (Wildman–Crippen MR) is 96.5 cm³/mol. The normalized spacial score (nSPS) is 16.0. The third kappa shape index (κ3) is 1.91. The fourth-order valence-corrected chi connectivity index (χ4v) is 3.79. The van der Waals surface area contributed by atoms with Crippen LogP contribution >= 0.6 is 0 Å². The number of carboxylic acid groups (broad SMARTS) is 1. The van der Waals surface area contributed by atoms with Crippen molar-refractivity contribution in [2.45, 2.75) is 6.10 Å². The molecule has 2 N–H and O–H groups in total. The molecular formula is C21H13NO4. The number of aromatic nitrogens is 1. The Balaban J connectivity index is 1.79. The molecule has 0 aliphatic carbocycles. The van der Waals surface area contributed by atoms with E-state index in [4.69, 9.17) is 4.74 Å². The molecule has 0 bridgehead atoms. The highest BCUT2D eigenvalue weighted by Gasteiger charge is 2.31. The smallest absolute Gasteiger partial charge is 0.339 e. The van der Waals surface area contributed by atoms with Crippen LogP contribution in [0.1, 0.15) is 37.9 Å². The molecule has 1 aliphatic rings. The van der Waals surface area contributed by atoms with Gasteiger partial charge in [0.05, 0.1) is 16.6 Å². The molecular weight excluding hydrogens is 330 g/mol. The van der Waals surface area contributed by atoms with E-state index in [0.29, 0.717) is 11.1 Å². The van der Waals surface area contributed by atoms with E-state index in [1.807, 2.05) is 36.4 Å². The molecule has 2 heterocycles. The summed E-state index contributed by atoms with van der Waals surface area (Å²) in [5.74, 6) is -1.37. The number of fused-ring (bicyclic) bond motifs is 1. The Morgan fingerprint density at radius 2 is 1.77 bits per heavy atom. The van der Waals surface area contributed by atoms with Crippen LogP contribution in [0.4, 0.5) is 0 Å². The molecule has 0 spiro atoms. The minimum absolute atomic E-state index is 0.189. The molecule has 3 aromatic carbocycles. The van der Waals surface area contributed by atoms with Crippen molar-refractivity contribution in [2.24, 2.45) is 0 Å². The number of benzene rings is 3. The number of nitrogens with one attached hydrogen (secondary N) is 1. The van der Waals surface area contributed by atoms with Crippen molar-refractivity contribution < 1.29 is 19.4 Å². The van der Waals surface area contributed by atoms with E-state index in [1.54, 1.807) is 24.4 Å². The van der Waals surface area contributed by atoms with Crippen LogP contribution in [0.5, 0.6) is 0 Å². The number of hydrogen-bond acceptors (Lipinski definition) is 3. The molecule has 1 aromatic heterocycles. The SMILES string of the molecule is O=C(O)c1cccc2c([C@H]3OC(=O)c4cccc5cccc3c45)c[nH]c12. The first kappa shape index (κ1) is 14.7. The monoisotopic (exact) mass is 343 g/mol. The van der Waals surface area contributed by atoms with E-state index in [2.05, 4.69) is 4.98 Å².